The Hall–Kier alpha value is -1.64. The molecule has 0 saturated carbocycles. The van der Waals surface area contributed by atoms with Crippen LogP contribution in [0.1, 0.15) is 44.0 Å². The Morgan fingerprint density at radius 2 is 1.96 bits per heavy atom. The minimum atomic E-state index is -3.76. The smallest absolute Gasteiger partial charge is 0.337 e. The molecule has 1 aromatic carbocycles. The molecule has 1 rings (SSSR count). The van der Waals surface area contributed by atoms with E-state index in [0.29, 0.717) is 18.7 Å². The van der Waals surface area contributed by atoms with Gasteiger partial charge >= 0.3 is 5.97 Å². The van der Waals surface area contributed by atoms with Crippen LogP contribution >= 0.6 is 0 Å². The Morgan fingerprint density at radius 1 is 1.29 bits per heavy atom. The molecule has 0 amide bonds. The van der Waals surface area contributed by atoms with Gasteiger partial charge in [0.2, 0.25) is 10.0 Å². The second-order valence-corrected chi connectivity index (χ2v) is 7.54. The van der Waals surface area contributed by atoms with Gasteiger partial charge in [-0.1, -0.05) is 13.3 Å². The van der Waals surface area contributed by atoms with Crippen molar-refractivity contribution in [1.82, 2.24) is 4.72 Å². The van der Waals surface area contributed by atoms with Crippen molar-refractivity contribution in [2.24, 2.45) is 0 Å². The van der Waals surface area contributed by atoms with Gasteiger partial charge in [-0.25, -0.2) is 17.9 Å². The molecule has 0 heterocycles. The van der Waals surface area contributed by atoms with Gasteiger partial charge in [0.15, 0.2) is 0 Å². The predicted octanol–water partition coefficient (Wildman–Crippen LogP) is 2.30. The lowest BCUT2D eigenvalue weighted by molar-refractivity contribution is 0.0697. The van der Waals surface area contributed by atoms with Crippen LogP contribution in [-0.2, 0) is 14.8 Å². The van der Waals surface area contributed by atoms with E-state index in [1.54, 1.807) is 14.0 Å². The quantitative estimate of drug-likeness (QED) is 0.593. The Kier molecular flexibility index (Phi) is 7.65. The van der Waals surface area contributed by atoms with Gasteiger partial charge in [-0.15, -0.1) is 0 Å². The molecule has 0 fully saturated rings. The van der Waals surface area contributed by atoms with Crippen molar-refractivity contribution in [2.45, 2.75) is 50.6 Å². The lowest BCUT2D eigenvalue weighted by Crippen LogP contribution is -2.32. The molecule has 8 heteroatoms. The first-order valence-electron chi connectivity index (χ1n) is 7.86. The Balaban J connectivity index is 3.11. The molecule has 0 aliphatic carbocycles. The number of sulfonamides is 1. The highest BCUT2D eigenvalue weighted by Crippen LogP contribution is 2.22. The number of nitrogens with one attached hydrogen (secondary N) is 2. The molecule has 136 valence electrons. The van der Waals surface area contributed by atoms with Crippen molar-refractivity contribution in [1.29, 1.82) is 0 Å². The highest BCUT2D eigenvalue weighted by Gasteiger charge is 2.21. The van der Waals surface area contributed by atoms with E-state index < -0.39 is 16.0 Å². The van der Waals surface area contributed by atoms with Gasteiger partial charge in [0, 0.05) is 24.9 Å². The van der Waals surface area contributed by atoms with Crippen molar-refractivity contribution in [3.05, 3.63) is 23.8 Å². The van der Waals surface area contributed by atoms with Gasteiger partial charge in [-0.05, 0) is 38.5 Å². The van der Waals surface area contributed by atoms with Crippen molar-refractivity contribution in [2.75, 3.05) is 19.0 Å². The molecular weight excluding hydrogens is 332 g/mol. The number of rotatable bonds is 10. The summed E-state index contributed by atoms with van der Waals surface area (Å²) in [5.41, 5.74) is 0.261. The fraction of sp³-hybridized carbons (Fsp3) is 0.562. The summed E-state index contributed by atoms with van der Waals surface area (Å²) >= 11 is 0. The zero-order valence-electron chi connectivity index (χ0n) is 14.5. The molecule has 2 atom stereocenters. The van der Waals surface area contributed by atoms with Crippen molar-refractivity contribution < 1.29 is 23.1 Å². The summed E-state index contributed by atoms with van der Waals surface area (Å²) in [6.45, 7) is 5.99. The van der Waals surface area contributed by atoms with Gasteiger partial charge in [0.05, 0.1) is 17.1 Å². The lowest BCUT2D eigenvalue weighted by Gasteiger charge is -2.18. The van der Waals surface area contributed by atoms with Crippen LogP contribution in [0.5, 0.6) is 0 Å². The predicted molar refractivity (Wildman–Crippen MR) is 93.1 cm³/mol. The van der Waals surface area contributed by atoms with Gasteiger partial charge in [0.25, 0.3) is 0 Å². The maximum absolute atomic E-state index is 12.4. The summed E-state index contributed by atoms with van der Waals surface area (Å²) in [5, 5.41) is 12.4. The maximum Gasteiger partial charge on any atom is 0.337 e. The largest absolute Gasteiger partial charge is 0.478 e. The summed E-state index contributed by atoms with van der Waals surface area (Å²) in [6.07, 6.45) is 1.56. The third kappa shape index (κ3) is 5.77. The molecule has 0 bridgehead atoms. The average Bonchev–Trinajstić information content (AvgIpc) is 2.47. The van der Waals surface area contributed by atoms with Gasteiger partial charge in [-0.3, -0.25) is 0 Å². The summed E-state index contributed by atoms with van der Waals surface area (Å²) in [5.74, 6) is -1.19. The highest BCUT2D eigenvalue weighted by atomic mass is 32.2. The topological polar surface area (TPSA) is 105 Å². The molecular formula is C16H26N2O5S. The van der Waals surface area contributed by atoms with E-state index in [-0.39, 0.29) is 22.5 Å². The number of carbonyl (C=O) groups is 1. The molecule has 2 unspecified atom stereocenters. The monoisotopic (exact) mass is 358 g/mol. The highest BCUT2D eigenvalue weighted by molar-refractivity contribution is 7.89. The van der Waals surface area contributed by atoms with E-state index in [1.165, 1.54) is 18.2 Å². The number of carboxylic acids is 1. The number of methoxy groups -OCH3 is 1. The van der Waals surface area contributed by atoms with Crippen LogP contribution in [0.4, 0.5) is 5.69 Å². The molecule has 0 aromatic heterocycles. The molecule has 7 nitrogen and oxygen atoms in total. The molecule has 0 spiro atoms. The Labute approximate surface area is 143 Å². The first-order valence-corrected chi connectivity index (χ1v) is 9.34. The molecule has 0 aliphatic rings. The molecule has 0 saturated heterocycles. The standard InChI is InChI=1S/C16H26N2O5S/c1-5-6-11(2)18-24(21,22)13-7-8-15(14(9-13)16(19)20)17-12(3)10-23-4/h7-9,11-12,17-18H,5-6,10H2,1-4H3,(H,19,20). The Morgan fingerprint density at radius 3 is 2.50 bits per heavy atom. The normalized spacial score (nSPS) is 14.2. The minimum absolute atomic E-state index is 0.0622. The first-order chi connectivity index (χ1) is 11.2. The van der Waals surface area contributed by atoms with Crippen LogP contribution in [-0.4, -0.2) is 45.3 Å². The van der Waals surface area contributed by atoms with E-state index in [2.05, 4.69) is 10.0 Å². The molecule has 0 radical (unpaired) electrons. The van der Waals surface area contributed by atoms with E-state index in [4.69, 9.17) is 4.74 Å². The van der Waals surface area contributed by atoms with E-state index in [0.717, 1.165) is 6.42 Å². The number of benzene rings is 1. The van der Waals surface area contributed by atoms with Crippen LogP contribution in [0.2, 0.25) is 0 Å². The first kappa shape index (κ1) is 20.4. The van der Waals surface area contributed by atoms with Gasteiger partial charge in [0.1, 0.15) is 0 Å². The fourth-order valence-electron chi connectivity index (χ4n) is 2.38. The van der Waals surface area contributed by atoms with Crippen LogP contribution < -0.4 is 10.0 Å². The summed E-state index contributed by atoms with van der Waals surface area (Å²) in [6, 6.07) is 3.71. The summed E-state index contributed by atoms with van der Waals surface area (Å²) in [7, 11) is -2.21. The van der Waals surface area contributed by atoms with Crippen molar-refractivity contribution in [3.63, 3.8) is 0 Å². The van der Waals surface area contributed by atoms with Crippen LogP contribution in [0.15, 0.2) is 23.1 Å². The number of carboxylic acid groups (broad SMARTS) is 1. The number of hydrogen-bond donors (Lipinski definition) is 3. The Bertz CT molecular complexity index is 660. The van der Waals surface area contributed by atoms with E-state index in [1.807, 2.05) is 13.8 Å². The van der Waals surface area contributed by atoms with E-state index >= 15 is 0 Å². The number of anilines is 1. The van der Waals surface area contributed by atoms with Crippen molar-refractivity contribution >= 4 is 21.7 Å². The third-order valence-electron chi connectivity index (χ3n) is 3.43. The number of aromatic carboxylic acids is 1. The summed E-state index contributed by atoms with van der Waals surface area (Å²) < 4.78 is 32.3. The number of hydrogen-bond acceptors (Lipinski definition) is 5. The zero-order valence-corrected chi connectivity index (χ0v) is 15.3. The second kappa shape index (κ2) is 9.00. The second-order valence-electron chi connectivity index (χ2n) is 5.82. The zero-order chi connectivity index (χ0) is 18.3. The maximum atomic E-state index is 12.4. The molecule has 24 heavy (non-hydrogen) atoms. The SMILES string of the molecule is CCCC(C)NS(=O)(=O)c1ccc(NC(C)COC)c(C(=O)O)c1. The summed E-state index contributed by atoms with van der Waals surface area (Å²) in [4.78, 5) is 11.4. The van der Waals surface area contributed by atoms with Crippen LogP contribution in [0, 0.1) is 0 Å². The van der Waals surface area contributed by atoms with Gasteiger partial charge < -0.3 is 15.2 Å². The average molecular weight is 358 g/mol. The van der Waals surface area contributed by atoms with Gasteiger partial charge in [-0.2, -0.15) is 0 Å². The van der Waals surface area contributed by atoms with Crippen molar-refractivity contribution in [3.8, 4) is 0 Å². The number of ether oxygens (including phenoxy) is 1. The van der Waals surface area contributed by atoms with Crippen LogP contribution in [0.25, 0.3) is 0 Å². The minimum Gasteiger partial charge on any atom is -0.478 e. The fourth-order valence-corrected chi connectivity index (χ4v) is 3.68. The third-order valence-corrected chi connectivity index (χ3v) is 5.02. The van der Waals surface area contributed by atoms with E-state index in [9.17, 15) is 18.3 Å². The van der Waals surface area contributed by atoms with Crippen LogP contribution in [0.3, 0.4) is 0 Å². The molecule has 0 aliphatic heterocycles. The lowest BCUT2D eigenvalue weighted by atomic mass is 10.1. The molecule has 3 N–H and O–H groups in total. The molecule has 1 aromatic rings.